The number of carbonyl (C=O) groups excluding carboxylic acids is 2. The normalized spacial score (nSPS) is 14.3. The fraction of sp³-hybridized carbons (Fsp3) is 0.333. The Morgan fingerprint density at radius 3 is 2.19 bits per heavy atom. The van der Waals surface area contributed by atoms with E-state index < -0.39 is 0 Å². The molecular formula is C21H25N3O2. The molecule has 0 radical (unpaired) electrons. The van der Waals surface area contributed by atoms with Gasteiger partial charge in [-0.3, -0.25) is 4.79 Å². The highest BCUT2D eigenvalue weighted by atomic mass is 16.2. The molecular weight excluding hydrogens is 326 g/mol. The van der Waals surface area contributed by atoms with Crippen molar-refractivity contribution in [3.8, 4) is 0 Å². The maximum absolute atomic E-state index is 12.1. The average molecular weight is 351 g/mol. The Morgan fingerprint density at radius 1 is 0.962 bits per heavy atom. The molecule has 0 heterocycles. The third-order valence-electron chi connectivity index (χ3n) is 4.44. The minimum atomic E-state index is -0.222. The van der Waals surface area contributed by atoms with Gasteiger partial charge in [0.15, 0.2) is 0 Å². The molecule has 0 spiro atoms. The Morgan fingerprint density at radius 2 is 1.58 bits per heavy atom. The highest BCUT2D eigenvalue weighted by Crippen LogP contribution is 2.30. The van der Waals surface area contributed by atoms with Crippen molar-refractivity contribution in [3.63, 3.8) is 0 Å². The summed E-state index contributed by atoms with van der Waals surface area (Å²) in [5, 5.41) is 8.65. The zero-order valence-corrected chi connectivity index (χ0v) is 15.0. The van der Waals surface area contributed by atoms with Crippen LogP contribution in [0.5, 0.6) is 0 Å². The second kappa shape index (κ2) is 8.52. The van der Waals surface area contributed by atoms with Crippen LogP contribution in [-0.4, -0.2) is 18.0 Å². The van der Waals surface area contributed by atoms with Crippen LogP contribution in [0.15, 0.2) is 54.6 Å². The summed E-state index contributed by atoms with van der Waals surface area (Å²) in [6, 6.07) is 17.3. The molecule has 3 rings (SSSR count). The lowest BCUT2D eigenvalue weighted by Crippen LogP contribution is -2.36. The number of nitrogens with one attached hydrogen (secondary N) is 3. The molecule has 5 heteroatoms. The van der Waals surface area contributed by atoms with Crippen LogP contribution in [0.25, 0.3) is 0 Å². The molecule has 1 fully saturated rings. The van der Waals surface area contributed by atoms with Crippen molar-refractivity contribution in [2.24, 2.45) is 5.92 Å². The van der Waals surface area contributed by atoms with Gasteiger partial charge in [-0.25, -0.2) is 4.79 Å². The molecule has 3 amide bonds. The topological polar surface area (TPSA) is 70.2 Å². The third kappa shape index (κ3) is 5.62. The molecule has 2 aromatic rings. The summed E-state index contributed by atoms with van der Waals surface area (Å²) >= 11 is 0. The van der Waals surface area contributed by atoms with E-state index in [9.17, 15) is 9.59 Å². The lowest BCUT2D eigenvalue weighted by Gasteiger charge is -2.15. The van der Waals surface area contributed by atoms with Crippen molar-refractivity contribution in [1.82, 2.24) is 5.32 Å². The van der Waals surface area contributed by atoms with Crippen molar-refractivity contribution < 1.29 is 9.59 Å². The zero-order chi connectivity index (χ0) is 18.4. The minimum Gasteiger partial charge on any atom is -0.335 e. The second-order valence-electron chi connectivity index (χ2n) is 6.86. The Hall–Kier alpha value is -2.82. The summed E-state index contributed by atoms with van der Waals surface area (Å²) < 4.78 is 0. The van der Waals surface area contributed by atoms with E-state index in [4.69, 9.17) is 0 Å². The summed E-state index contributed by atoms with van der Waals surface area (Å²) in [5.74, 6) is 0.256. The van der Waals surface area contributed by atoms with E-state index in [1.54, 1.807) is 24.3 Å². The number of hydrogen-bond acceptors (Lipinski definition) is 2. The monoisotopic (exact) mass is 351 g/mol. The van der Waals surface area contributed by atoms with Crippen LogP contribution in [0.1, 0.15) is 31.7 Å². The molecule has 1 atom stereocenters. The summed E-state index contributed by atoms with van der Waals surface area (Å²) in [6.07, 6.45) is 3.77. The van der Waals surface area contributed by atoms with Gasteiger partial charge in [-0.15, -0.1) is 0 Å². The van der Waals surface area contributed by atoms with E-state index in [1.165, 1.54) is 5.56 Å². The van der Waals surface area contributed by atoms with Crippen LogP contribution >= 0.6 is 0 Å². The maximum Gasteiger partial charge on any atom is 0.319 e. The van der Waals surface area contributed by atoms with Gasteiger partial charge < -0.3 is 16.0 Å². The van der Waals surface area contributed by atoms with Crippen molar-refractivity contribution in [2.45, 2.75) is 38.6 Å². The van der Waals surface area contributed by atoms with Gasteiger partial charge in [0, 0.05) is 23.3 Å². The first-order valence-corrected chi connectivity index (χ1v) is 9.12. The second-order valence-corrected chi connectivity index (χ2v) is 6.86. The van der Waals surface area contributed by atoms with Crippen molar-refractivity contribution in [1.29, 1.82) is 0 Å². The molecule has 0 bridgehead atoms. The number of aryl methyl sites for hydroxylation is 1. The van der Waals surface area contributed by atoms with Gasteiger partial charge in [0.25, 0.3) is 0 Å². The smallest absolute Gasteiger partial charge is 0.319 e. The third-order valence-corrected chi connectivity index (χ3v) is 4.44. The Labute approximate surface area is 154 Å². The summed E-state index contributed by atoms with van der Waals surface area (Å²) in [4.78, 5) is 23.8. The van der Waals surface area contributed by atoms with Gasteiger partial charge in [0.2, 0.25) is 5.91 Å². The number of amides is 3. The molecule has 26 heavy (non-hydrogen) atoms. The van der Waals surface area contributed by atoms with Gasteiger partial charge in [0.1, 0.15) is 0 Å². The number of anilines is 2. The molecule has 0 saturated heterocycles. The number of carbonyl (C=O) groups is 2. The van der Waals surface area contributed by atoms with Crippen molar-refractivity contribution >= 4 is 23.3 Å². The molecule has 136 valence electrons. The molecule has 1 aliphatic rings. The number of benzene rings is 2. The molecule has 1 saturated carbocycles. The van der Waals surface area contributed by atoms with Crippen molar-refractivity contribution in [2.75, 3.05) is 10.6 Å². The van der Waals surface area contributed by atoms with E-state index in [0.29, 0.717) is 5.69 Å². The summed E-state index contributed by atoms with van der Waals surface area (Å²) in [5.41, 5.74) is 2.72. The van der Waals surface area contributed by atoms with Crippen LogP contribution in [-0.2, 0) is 11.2 Å². The fourth-order valence-corrected chi connectivity index (χ4v) is 2.72. The van der Waals surface area contributed by atoms with E-state index in [-0.39, 0.29) is 23.9 Å². The van der Waals surface area contributed by atoms with Crippen LogP contribution in [0, 0.1) is 5.92 Å². The first kappa shape index (κ1) is 18.0. The highest BCUT2D eigenvalue weighted by Gasteiger charge is 2.29. The first-order valence-electron chi connectivity index (χ1n) is 9.12. The van der Waals surface area contributed by atoms with Crippen LogP contribution in [0.2, 0.25) is 0 Å². The number of urea groups is 1. The van der Waals surface area contributed by atoms with Gasteiger partial charge in [-0.05, 0) is 62.4 Å². The van der Waals surface area contributed by atoms with Gasteiger partial charge >= 0.3 is 6.03 Å². The number of rotatable bonds is 7. The van der Waals surface area contributed by atoms with Crippen LogP contribution in [0.4, 0.5) is 16.2 Å². The highest BCUT2D eigenvalue weighted by molar-refractivity contribution is 5.94. The Kier molecular flexibility index (Phi) is 5.89. The van der Waals surface area contributed by atoms with Gasteiger partial charge in [-0.1, -0.05) is 30.3 Å². The molecule has 1 unspecified atom stereocenters. The summed E-state index contributed by atoms with van der Waals surface area (Å²) in [7, 11) is 0. The first-order chi connectivity index (χ1) is 12.6. The Balaban J connectivity index is 1.41. The predicted octanol–water partition coefficient (Wildman–Crippen LogP) is 4.18. The standard InChI is InChI=1S/C21H25N3O2/c1-15(7-8-16-5-3-2-4-6-16)22-21(26)24-19-13-11-18(12-14-19)23-20(25)17-9-10-17/h2-6,11-15,17H,7-10H2,1H3,(H,23,25)(H2,22,24,26). The average Bonchev–Trinajstić information content (AvgIpc) is 3.48. The van der Waals surface area contributed by atoms with E-state index in [1.807, 2.05) is 25.1 Å². The minimum absolute atomic E-state index is 0.0762. The van der Waals surface area contributed by atoms with Crippen LogP contribution in [0.3, 0.4) is 0 Å². The SMILES string of the molecule is CC(CCc1ccccc1)NC(=O)Nc1ccc(NC(=O)C2CC2)cc1. The van der Waals surface area contributed by atoms with Crippen molar-refractivity contribution in [3.05, 3.63) is 60.2 Å². The fourth-order valence-electron chi connectivity index (χ4n) is 2.72. The van der Waals surface area contributed by atoms with Gasteiger partial charge in [0.05, 0.1) is 0 Å². The number of hydrogen-bond donors (Lipinski definition) is 3. The zero-order valence-electron chi connectivity index (χ0n) is 15.0. The molecule has 1 aliphatic carbocycles. The lowest BCUT2D eigenvalue weighted by molar-refractivity contribution is -0.117. The molecule has 3 N–H and O–H groups in total. The molecule has 0 aromatic heterocycles. The largest absolute Gasteiger partial charge is 0.335 e. The van der Waals surface area contributed by atoms with Crippen LogP contribution < -0.4 is 16.0 Å². The Bertz CT molecular complexity index is 740. The van der Waals surface area contributed by atoms with E-state index in [0.717, 1.165) is 31.4 Å². The molecule has 0 aliphatic heterocycles. The maximum atomic E-state index is 12.1. The quantitative estimate of drug-likeness (QED) is 0.700. The van der Waals surface area contributed by atoms with E-state index in [2.05, 4.69) is 28.1 Å². The van der Waals surface area contributed by atoms with Gasteiger partial charge in [-0.2, -0.15) is 0 Å². The van der Waals surface area contributed by atoms with E-state index >= 15 is 0 Å². The lowest BCUT2D eigenvalue weighted by atomic mass is 10.1. The molecule has 2 aromatic carbocycles. The predicted molar refractivity (Wildman–Crippen MR) is 104 cm³/mol. The summed E-state index contributed by atoms with van der Waals surface area (Å²) in [6.45, 7) is 2.00. The molecule has 5 nitrogen and oxygen atoms in total.